The molecule has 20 heavy (non-hydrogen) atoms. The summed E-state index contributed by atoms with van der Waals surface area (Å²) in [7, 11) is 1.57. The van der Waals surface area contributed by atoms with Gasteiger partial charge in [-0.25, -0.2) is 4.39 Å². The first-order valence-corrected chi connectivity index (χ1v) is 7.15. The zero-order valence-corrected chi connectivity index (χ0v) is 12.2. The SMILES string of the molecule is COc1ccc(F)cc1CSc1ccc(C(C)=O)cc1. The predicted octanol–water partition coefficient (Wildman–Crippen LogP) is 4.33. The summed E-state index contributed by atoms with van der Waals surface area (Å²) in [6.07, 6.45) is 0. The molecule has 0 N–H and O–H groups in total. The van der Waals surface area contributed by atoms with E-state index in [1.165, 1.54) is 12.1 Å². The first-order chi connectivity index (χ1) is 9.60. The molecule has 0 aromatic heterocycles. The number of benzene rings is 2. The monoisotopic (exact) mass is 290 g/mol. The number of carbonyl (C=O) groups is 1. The lowest BCUT2D eigenvalue weighted by atomic mass is 10.2. The van der Waals surface area contributed by atoms with Crippen molar-refractivity contribution in [3.8, 4) is 5.75 Å². The van der Waals surface area contributed by atoms with Crippen LogP contribution in [0.3, 0.4) is 0 Å². The van der Waals surface area contributed by atoms with Gasteiger partial charge in [0.25, 0.3) is 0 Å². The van der Waals surface area contributed by atoms with Gasteiger partial charge in [0, 0.05) is 21.8 Å². The van der Waals surface area contributed by atoms with Crippen LogP contribution in [-0.4, -0.2) is 12.9 Å². The van der Waals surface area contributed by atoms with E-state index in [0.29, 0.717) is 17.1 Å². The van der Waals surface area contributed by atoms with Crippen molar-refractivity contribution < 1.29 is 13.9 Å². The summed E-state index contributed by atoms with van der Waals surface area (Å²) >= 11 is 1.57. The second kappa shape index (κ2) is 6.57. The van der Waals surface area contributed by atoms with E-state index in [4.69, 9.17) is 4.74 Å². The third-order valence-electron chi connectivity index (χ3n) is 2.90. The topological polar surface area (TPSA) is 26.3 Å². The van der Waals surface area contributed by atoms with Crippen LogP contribution in [0, 0.1) is 5.82 Å². The van der Waals surface area contributed by atoms with Crippen molar-refractivity contribution in [3.63, 3.8) is 0 Å². The van der Waals surface area contributed by atoms with Gasteiger partial charge in [-0.1, -0.05) is 12.1 Å². The molecule has 0 aliphatic carbocycles. The molecule has 0 aliphatic heterocycles. The van der Waals surface area contributed by atoms with Gasteiger partial charge < -0.3 is 4.74 Å². The predicted molar refractivity (Wildman–Crippen MR) is 79.0 cm³/mol. The van der Waals surface area contributed by atoms with Gasteiger partial charge in [-0.3, -0.25) is 4.79 Å². The third-order valence-corrected chi connectivity index (χ3v) is 3.96. The van der Waals surface area contributed by atoms with Crippen molar-refractivity contribution in [1.29, 1.82) is 0 Å². The fourth-order valence-electron chi connectivity index (χ4n) is 1.81. The molecule has 4 heteroatoms. The number of rotatable bonds is 5. The summed E-state index contributed by atoms with van der Waals surface area (Å²) in [5.74, 6) is 1.07. The number of hydrogen-bond donors (Lipinski definition) is 0. The molecule has 2 nitrogen and oxygen atoms in total. The summed E-state index contributed by atoms with van der Waals surface area (Å²) in [6, 6.07) is 11.9. The van der Waals surface area contributed by atoms with Gasteiger partial charge in [0.2, 0.25) is 0 Å². The Morgan fingerprint density at radius 2 is 1.90 bits per heavy atom. The molecule has 0 heterocycles. The number of Topliss-reactive ketones (excluding diaryl/α,β-unsaturated/α-hetero) is 1. The van der Waals surface area contributed by atoms with Gasteiger partial charge in [-0.2, -0.15) is 0 Å². The normalized spacial score (nSPS) is 10.3. The minimum Gasteiger partial charge on any atom is -0.496 e. The molecule has 0 atom stereocenters. The van der Waals surface area contributed by atoms with E-state index in [1.54, 1.807) is 44.0 Å². The van der Waals surface area contributed by atoms with Crippen LogP contribution in [-0.2, 0) is 5.75 Å². The zero-order valence-electron chi connectivity index (χ0n) is 11.4. The van der Waals surface area contributed by atoms with Crippen molar-refractivity contribution >= 4 is 17.5 Å². The minimum atomic E-state index is -0.270. The van der Waals surface area contributed by atoms with E-state index >= 15 is 0 Å². The summed E-state index contributed by atoms with van der Waals surface area (Å²) in [5, 5.41) is 0. The molecular weight excluding hydrogens is 275 g/mol. The Hall–Kier alpha value is -1.81. The highest BCUT2D eigenvalue weighted by Crippen LogP contribution is 2.28. The first kappa shape index (κ1) is 14.6. The van der Waals surface area contributed by atoms with E-state index < -0.39 is 0 Å². The van der Waals surface area contributed by atoms with Gasteiger partial charge in [-0.15, -0.1) is 11.8 Å². The van der Waals surface area contributed by atoms with Crippen LogP contribution in [0.1, 0.15) is 22.8 Å². The van der Waals surface area contributed by atoms with Crippen molar-refractivity contribution in [3.05, 3.63) is 59.4 Å². The zero-order chi connectivity index (χ0) is 14.5. The summed E-state index contributed by atoms with van der Waals surface area (Å²) in [5.41, 5.74) is 1.51. The van der Waals surface area contributed by atoms with Crippen molar-refractivity contribution in [2.75, 3.05) is 7.11 Å². The largest absolute Gasteiger partial charge is 0.496 e. The Labute approximate surface area is 122 Å². The maximum atomic E-state index is 13.2. The molecule has 0 aliphatic rings. The first-order valence-electron chi connectivity index (χ1n) is 6.16. The van der Waals surface area contributed by atoms with E-state index in [0.717, 1.165) is 10.5 Å². The number of carbonyl (C=O) groups excluding carboxylic acids is 1. The van der Waals surface area contributed by atoms with E-state index in [1.807, 2.05) is 12.1 Å². The van der Waals surface area contributed by atoms with Crippen LogP contribution in [0.15, 0.2) is 47.4 Å². The Kier molecular flexibility index (Phi) is 4.79. The summed E-state index contributed by atoms with van der Waals surface area (Å²) in [4.78, 5) is 12.2. The second-order valence-corrected chi connectivity index (χ2v) is 5.37. The fraction of sp³-hybridized carbons (Fsp3) is 0.188. The summed E-state index contributed by atoms with van der Waals surface area (Å²) in [6.45, 7) is 1.54. The average Bonchev–Trinajstić information content (AvgIpc) is 2.45. The number of halogens is 1. The summed E-state index contributed by atoms with van der Waals surface area (Å²) < 4.78 is 18.5. The van der Waals surface area contributed by atoms with Crippen molar-refractivity contribution in [2.45, 2.75) is 17.6 Å². The lowest BCUT2D eigenvalue weighted by Crippen LogP contribution is -1.92. The van der Waals surface area contributed by atoms with Crippen LogP contribution in [0.2, 0.25) is 0 Å². The van der Waals surface area contributed by atoms with Crippen LogP contribution < -0.4 is 4.74 Å². The van der Waals surface area contributed by atoms with E-state index in [-0.39, 0.29) is 11.6 Å². The number of ether oxygens (including phenoxy) is 1. The Morgan fingerprint density at radius 1 is 1.20 bits per heavy atom. The van der Waals surface area contributed by atoms with E-state index in [9.17, 15) is 9.18 Å². The number of thioether (sulfide) groups is 1. The molecule has 104 valence electrons. The highest BCUT2D eigenvalue weighted by atomic mass is 32.2. The smallest absolute Gasteiger partial charge is 0.159 e. The Morgan fingerprint density at radius 3 is 2.50 bits per heavy atom. The average molecular weight is 290 g/mol. The molecule has 0 bridgehead atoms. The van der Waals surface area contributed by atoms with Gasteiger partial charge in [0.1, 0.15) is 11.6 Å². The van der Waals surface area contributed by atoms with Gasteiger partial charge in [-0.05, 0) is 37.3 Å². The van der Waals surface area contributed by atoms with Crippen LogP contribution in [0.25, 0.3) is 0 Å². The number of ketones is 1. The molecule has 2 aromatic carbocycles. The standard InChI is InChI=1S/C16H15FO2S/c1-11(18)12-3-6-15(7-4-12)20-10-13-9-14(17)5-8-16(13)19-2/h3-9H,10H2,1-2H3. The molecule has 2 aromatic rings. The molecule has 0 saturated heterocycles. The molecular formula is C16H15FO2S. The number of hydrogen-bond acceptors (Lipinski definition) is 3. The molecule has 0 radical (unpaired) electrons. The second-order valence-electron chi connectivity index (χ2n) is 4.33. The van der Waals surface area contributed by atoms with Crippen molar-refractivity contribution in [1.82, 2.24) is 0 Å². The van der Waals surface area contributed by atoms with Crippen LogP contribution >= 0.6 is 11.8 Å². The maximum Gasteiger partial charge on any atom is 0.159 e. The fourth-order valence-corrected chi connectivity index (χ4v) is 2.68. The molecule has 0 unspecified atom stereocenters. The van der Waals surface area contributed by atoms with E-state index in [2.05, 4.69) is 0 Å². The quantitative estimate of drug-likeness (QED) is 0.605. The van der Waals surface area contributed by atoms with Crippen molar-refractivity contribution in [2.24, 2.45) is 0 Å². The van der Waals surface area contributed by atoms with Crippen LogP contribution in [0.4, 0.5) is 4.39 Å². The third kappa shape index (κ3) is 3.61. The maximum absolute atomic E-state index is 13.2. The van der Waals surface area contributed by atoms with Gasteiger partial charge in [0.05, 0.1) is 7.11 Å². The lowest BCUT2D eigenvalue weighted by molar-refractivity contribution is 0.101. The molecule has 0 spiro atoms. The van der Waals surface area contributed by atoms with Gasteiger partial charge >= 0.3 is 0 Å². The minimum absolute atomic E-state index is 0.0494. The molecule has 0 fully saturated rings. The number of methoxy groups -OCH3 is 1. The Balaban J connectivity index is 2.08. The molecule has 0 saturated carbocycles. The van der Waals surface area contributed by atoms with Crippen LogP contribution in [0.5, 0.6) is 5.75 Å². The Bertz CT molecular complexity index is 608. The molecule has 0 amide bonds. The van der Waals surface area contributed by atoms with Gasteiger partial charge in [0.15, 0.2) is 5.78 Å². The lowest BCUT2D eigenvalue weighted by Gasteiger charge is -2.08. The highest BCUT2D eigenvalue weighted by Gasteiger charge is 2.06. The highest BCUT2D eigenvalue weighted by molar-refractivity contribution is 7.98. The molecule has 2 rings (SSSR count).